The van der Waals surface area contributed by atoms with Crippen LogP contribution in [0.25, 0.3) is 0 Å². The van der Waals surface area contributed by atoms with Gasteiger partial charge in [-0.2, -0.15) is 0 Å². The summed E-state index contributed by atoms with van der Waals surface area (Å²) >= 11 is 10.4. The van der Waals surface area contributed by atoms with E-state index in [9.17, 15) is 0 Å². The van der Waals surface area contributed by atoms with Gasteiger partial charge in [-0.05, 0) is 43.5 Å². The van der Waals surface area contributed by atoms with Gasteiger partial charge in [-0.25, -0.2) is 0 Å². The van der Waals surface area contributed by atoms with Gasteiger partial charge in [-0.3, -0.25) is 0 Å². The number of anilines is 2. The lowest BCUT2D eigenvalue weighted by atomic mass is 10.2. The van der Waals surface area contributed by atoms with E-state index in [2.05, 4.69) is 12.2 Å². The van der Waals surface area contributed by atoms with Crippen LogP contribution < -0.4 is 10.2 Å². The fourth-order valence-electron chi connectivity index (χ4n) is 1.86. The molecule has 0 heterocycles. The summed E-state index contributed by atoms with van der Waals surface area (Å²) in [7, 11) is 13.7. The largest absolute Gasteiger partial charge is 0.386 e. The van der Waals surface area contributed by atoms with Gasteiger partial charge in [0.05, 0.1) is 11.4 Å². The molecule has 0 aliphatic carbocycles. The van der Waals surface area contributed by atoms with Crippen LogP contribution in [0, 0.1) is 0 Å². The van der Waals surface area contributed by atoms with Crippen LogP contribution in [0.15, 0.2) is 24.3 Å². The van der Waals surface area contributed by atoms with Crippen molar-refractivity contribution in [3.63, 3.8) is 0 Å². The zero-order valence-electron chi connectivity index (χ0n) is 16.1. The predicted octanol–water partition coefficient (Wildman–Crippen LogP) is 2.80. The molecule has 136 valence electrons. The Labute approximate surface area is 158 Å². The third kappa shape index (κ3) is 6.88. The van der Waals surface area contributed by atoms with Gasteiger partial charge < -0.3 is 24.9 Å². The molecule has 7 heteroatoms. The second-order valence-electron chi connectivity index (χ2n) is 5.69. The second-order valence-corrected chi connectivity index (χ2v) is 6.42. The van der Waals surface area contributed by atoms with E-state index in [0.717, 1.165) is 28.1 Å². The van der Waals surface area contributed by atoms with Crippen LogP contribution in [0.3, 0.4) is 0 Å². The fraction of sp³-hybridized carbons (Fsp3) is 0.529. The highest BCUT2D eigenvalue weighted by Crippen LogP contribution is 2.24. The molecule has 1 N–H and O–H groups in total. The summed E-state index contributed by atoms with van der Waals surface area (Å²) in [6, 6.07) is 8.08. The first-order valence-corrected chi connectivity index (χ1v) is 8.63. The molecule has 0 unspecified atom stereocenters. The Kier molecular flexibility index (Phi) is 10.3. The van der Waals surface area contributed by atoms with Gasteiger partial charge in [0.15, 0.2) is 10.2 Å². The monoisotopic (exact) mass is 369 g/mol. The normalized spacial score (nSPS) is 9.33. The van der Waals surface area contributed by atoms with E-state index in [1.54, 1.807) is 0 Å². The average Bonchev–Trinajstić information content (AvgIpc) is 2.59. The van der Waals surface area contributed by atoms with Crippen molar-refractivity contribution >= 4 is 46.0 Å². The zero-order valence-corrected chi connectivity index (χ0v) is 17.8. The van der Waals surface area contributed by atoms with Gasteiger partial charge in [0.2, 0.25) is 0 Å². The highest BCUT2D eigenvalue weighted by Gasteiger charge is 2.11. The Morgan fingerprint density at radius 2 is 1.42 bits per heavy atom. The van der Waals surface area contributed by atoms with Crippen molar-refractivity contribution in [2.45, 2.75) is 6.92 Å². The third-order valence-corrected chi connectivity index (χ3v) is 4.70. The van der Waals surface area contributed by atoms with Crippen molar-refractivity contribution in [3.05, 3.63) is 24.3 Å². The molecule has 1 aromatic carbocycles. The molecule has 0 radical (unpaired) electrons. The maximum absolute atomic E-state index is 5.31. The minimum Gasteiger partial charge on any atom is -0.386 e. The molecule has 0 bridgehead atoms. The number of nitrogens with one attached hydrogen (secondary N) is 1. The van der Waals surface area contributed by atoms with E-state index in [1.165, 1.54) is 0 Å². The van der Waals surface area contributed by atoms with Crippen LogP contribution in [0.4, 0.5) is 11.4 Å². The smallest absolute Gasteiger partial charge is 0.175 e. The predicted molar refractivity (Wildman–Crippen MR) is 115 cm³/mol. The molecule has 1 aromatic rings. The molecule has 0 aliphatic rings. The third-order valence-electron chi connectivity index (χ3n) is 3.39. The van der Waals surface area contributed by atoms with Crippen molar-refractivity contribution in [1.82, 2.24) is 14.7 Å². The Hall–Kier alpha value is -1.60. The van der Waals surface area contributed by atoms with Crippen molar-refractivity contribution in [3.8, 4) is 0 Å². The first kappa shape index (κ1) is 22.4. The van der Waals surface area contributed by atoms with Crippen LogP contribution >= 0.6 is 24.4 Å². The van der Waals surface area contributed by atoms with Crippen molar-refractivity contribution in [1.29, 1.82) is 0 Å². The SMILES string of the molecule is CCN(C)C(=S)N(C)C.CNc1ccccc1N(C)C(=S)N(C)C. The summed E-state index contributed by atoms with van der Waals surface area (Å²) in [5.74, 6) is 0. The van der Waals surface area contributed by atoms with Crippen molar-refractivity contribution < 1.29 is 0 Å². The van der Waals surface area contributed by atoms with E-state index in [1.807, 2.05) is 93.2 Å². The quantitative estimate of drug-likeness (QED) is 0.818. The lowest BCUT2D eigenvalue weighted by molar-refractivity contribution is 0.457. The van der Waals surface area contributed by atoms with Crippen molar-refractivity contribution in [2.75, 3.05) is 66.1 Å². The number of benzene rings is 1. The lowest BCUT2D eigenvalue weighted by Gasteiger charge is -2.26. The van der Waals surface area contributed by atoms with Crippen LogP contribution in [0.1, 0.15) is 6.92 Å². The highest BCUT2D eigenvalue weighted by atomic mass is 32.1. The van der Waals surface area contributed by atoms with Gasteiger partial charge in [0.25, 0.3) is 0 Å². The zero-order chi connectivity index (χ0) is 18.9. The average molecular weight is 370 g/mol. The summed E-state index contributed by atoms with van der Waals surface area (Å²) in [5.41, 5.74) is 2.16. The molecule has 0 saturated carbocycles. The molecule has 24 heavy (non-hydrogen) atoms. The van der Waals surface area contributed by atoms with Crippen LogP contribution in [0.2, 0.25) is 0 Å². The first-order chi connectivity index (χ1) is 11.2. The second kappa shape index (κ2) is 11.0. The Bertz CT molecular complexity index is 531. The number of nitrogens with zero attached hydrogens (tertiary/aromatic N) is 4. The van der Waals surface area contributed by atoms with E-state index < -0.39 is 0 Å². The molecule has 0 atom stereocenters. The van der Waals surface area contributed by atoms with Crippen molar-refractivity contribution in [2.24, 2.45) is 0 Å². The maximum Gasteiger partial charge on any atom is 0.175 e. The summed E-state index contributed by atoms with van der Waals surface area (Å²) in [6.07, 6.45) is 0. The molecular weight excluding hydrogens is 338 g/mol. The molecule has 0 aliphatic heterocycles. The number of rotatable bonds is 3. The molecule has 0 aromatic heterocycles. The molecule has 5 nitrogen and oxygen atoms in total. The van der Waals surface area contributed by atoms with Gasteiger partial charge in [0, 0.05) is 55.9 Å². The Morgan fingerprint density at radius 1 is 0.917 bits per heavy atom. The Balaban J connectivity index is 0.000000506. The summed E-state index contributed by atoms with van der Waals surface area (Å²) in [6.45, 7) is 3.05. The lowest BCUT2D eigenvalue weighted by Crippen LogP contribution is -2.36. The number of hydrogen-bond acceptors (Lipinski definition) is 3. The molecule has 0 spiro atoms. The fourth-order valence-corrected chi connectivity index (χ4v) is 2.08. The molecule has 1 rings (SSSR count). The molecular formula is C17H31N5S2. The highest BCUT2D eigenvalue weighted by molar-refractivity contribution is 7.80. The van der Waals surface area contributed by atoms with Gasteiger partial charge in [-0.1, -0.05) is 12.1 Å². The van der Waals surface area contributed by atoms with Gasteiger partial charge in [-0.15, -0.1) is 0 Å². The van der Waals surface area contributed by atoms with Crippen LogP contribution in [-0.2, 0) is 0 Å². The molecule has 0 amide bonds. The first-order valence-electron chi connectivity index (χ1n) is 7.81. The summed E-state index contributed by atoms with van der Waals surface area (Å²) in [4.78, 5) is 7.86. The topological polar surface area (TPSA) is 25.0 Å². The van der Waals surface area contributed by atoms with Gasteiger partial charge >= 0.3 is 0 Å². The maximum atomic E-state index is 5.31. The van der Waals surface area contributed by atoms with E-state index in [4.69, 9.17) is 24.4 Å². The minimum atomic E-state index is 0.790. The van der Waals surface area contributed by atoms with E-state index in [-0.39, 0.29) is 0 Å². The summed E-state index contributed by atoms with van der Waals surface area (Å²) < 4.78 is 0. The van der Waals surface area contributed by atoms with Crippen LogP contribution in [-0.4, -0.2) is 80.8 Å². The summed E-state index contributed by atoms with van der Waals surface area (Å²) in [5, 5.41) is 4.83. The molecule has 0 fully saturated rings. The number of para-hydroxylation sites is 2. The van der Waals surface area contributed by atoms with E-state index >= 15 is 0 Å². The van der Waals surface area contributed by atoms with E-state index in [0.29, 0.717) is 0 Å². The van der Waals surface area contributed by atoms with Gasteiger partial charge in [0.1, 0.15) is 0 Å². The number of thiocarbonyl (C=S) groups is 2. The molecule has 0 saturated heterocycles. The standard InChI is InChI=1S/C11H17N3S.C6H14N2S/c1-12-9-7-5-6-8-10(9)14(4)11(15)13(2)3;1-5-8(4)6(9)7(2)3/h5-8,12H,1-4H3;5H2,1-4H3. The van der Waals surface area contributed by atoms with Crippen LogP contribution in [0.5, 0.6) is 0 Å². The Morgan fingerprint density at radius 3 is 1.79 bits per heavy atom. The number of hydrogen-bond donors (Lipinski definition) is 1. The minimum absolute atomic E-state index is 0.790.